The van der Waals surface area contributed by atoms with Crippen LogP contribution in [0.2, 0.25) is 5.02 Å². The number of rotatable bonds is 4. The van der Waals surface area contributed by atoms with E-state index < -0.39 is 11.8 Å². The Bertz CT molecular complexity index is 1150. The molecular weight excluding hydrogens is 379 g/mol. The lowest BCUT2D eigenvalue weighted by Gasteiger charge is -2.18. The van der Waals surface area contributed by atoms with Crippen molar-refractivity contribution in [2.45, 2.75) is 6.54 Å². The highest BCUT2D eigenvalue weighted by Crippen LogP contribution is 2.38. The third kappa shape index (κ3) is 3.18. The molecule has 140 valence electrons. The van der Waals surface area contributed by atoms with Crippen LogP contribution in [0.25, 0.3) is 22.0 Å². The Hall–Kier alpha value is -3.38. The minimum absolute atomic E-state index is 0.0115. The van der Waals surface area contributed by atoms with E-state index in [2.05, 4.69) is 10.2 Å². The summed E-state index contributed by atoms with van der Waals surface area (Å²) in [6.45, 7) is 0.209. The van der Waals surface area contributed by atoms with Gasteiger partial charge in [0.05, 0.1) is 11.6 Å². The number of anilines is 1. The standard InChI is InChI=1S/C21H16ClFN4O/c22-17-15(14-9-5-2-6-10-14)11-16-19(18(17)23)25-26-20(16)27(21(24)28)12-13-7-3-1-4-8-13/h1-11H,12H2,(H2,24,28)(H,25,26). The van der Waals surface area contributed by atoms with Crippen LogP contribution in [-0.4, -0.2) is 16.2 Å². The molecule has 5 nitrogen and oxygen atoms in total. The molecule has 0 aliphatic carbocycles. The number of urea groups is 1. The molecule has 4 rings (SSSR count). The van der Waals surface area contributed by atoms with Crippen LogP contribution in [0, 0.1) is 5.82 Å². The van der Waals surface area contributed by atoms with Crippen molar-refractivity contribution in [3.63, 3.8) is 0 Å². The van der Waals surface area contributed by atoms with Crippen molar-refractivity contribution in [3.8, 4) is 11.1 Å². The average Bonchev–Trinajstić information content (AvgIpc) is 3.14. The fraction of sp³-hybridized carbons (Fsp3) is 0.0476. The Balaban J connectivity index is 1.87. The molecule has 0 saturated carbocycles. The van der Waals surface area contributed by atoms with Crippen molar-refractivity contribution in [2.24, 2.45) is 5.73 Å². The minimum Gasteiger partial charge on any atom is -0.351 e. The molecule has 3 N–H and O–H groups in total. The normalized spacial score (nSPS) is 10.9. The van der Waals surface area contributed by atoms with Crippen molar-refractivity contribution in [3.05, 3.63) is 83.1 Å². The molecule has 0 radical (unpaired) electrons. The number of hydrogen-bond acceptors (Lipinski definition) is 2. The van der Waals surface area contributed by atoms with Crippen LogP contribution < -0.4 is 10.6 Å². The van der Waals surface area contributed by atoms with E-state index in [9.17, 15) is 9.18 Å². The highest BCUT2D eigenvalue weighted by molar-refractivity contribution is 6.34. The maximum Gasteiger partial charge on any atom is 0.320 e. The molecule has 0 atom stereocenters. The number of hydrogen-bond donors (Lipinski definition) is 2. The Morgan fingerprint density at radius 2 is 1.75 bits per heavy atom. The van der Waals surface area contributed by atoms with Gasteiger partial charge in [0.2, 0.25) is 0 Å². The van der Waals surface area contributed by atoms with Crippen LogP contribution >= 0.6 is 11.6 Å². The van der Waals surface area contributed by atoms with E-state index in [1.807, 2.05) is 60.7 Å². The van der Waals surface area contributed by atoms with Gasteiger partial charge in [-0.15, -0.1) is 0 Å². The molecule has 0 bridgehead atoms. The van der Waals surface area contributed by atoms with Crippen LogP contribution in [0.15, 0.2) is 66.7 Å². The first-order valence-electron chi connectivity index (χ1n) is 8.58. The lowest BCUT2D eigenvalue weighted by atomic mass is 10.0. The molecule has 0 spiro atoms. The number of carbonyl (C=O) groups is 1. The summed E-state index contributed by atoms with van der Waals surface area (Å²) in [5.74, 6) is -0.375. The Kier molecular flexibility index (Phi) is 4.71. The number of amides is 2. The highest BCUT2D eigenvalue weighted by Gasteiger charge is 2.23. The molecule has 1 heterocycles. The number of nitrogens with one attached hydrogen (secondary N) is 1. The minimum atomic E-state index is -0.686. The van der Waals surface area contributed by atoms with E-state index >= 15 is 0 Å². The van der Waals surface area contributed by atoms with E-state index in [1.165, 1.54) is 4.90 Å². The fourth-order valence-corrected chi connectivity index (χ4v) is 3.40. The zero-order valence-electron chi connectivity index (χ0n) is 14.7. The van der Waals surface area contributed by atoms with Crippen LogP contribution in [0.3, 0.4) is 0 Å². The van der Waals surface area contributed by atoms with Crippen LogP contribution in [0.4, 0.5) is 15.0 Å². The number of H-pyrrole nitrogens is 1. The van der Waals surface area contributed by atoms with Crippen LogP contribution in [0.1, 0.15) is 5.56 Å². The summed E-state index contributed by atoms with van der Waals surface area (Å²) >= 11 is 6.26. The molecule has 0 aliphatic rings. The molecule has 4 aromatic rings. The van der Waals surface area contributed by atoms with Gasteiger partial charge in [-0.2, -0.15) is 5.10 Å². The second-order valence-electron chi connectivity index (χ2n) is 6.30. The van der Waals surface area contributed by atoms with Crippen molar-refractivity contribution >= 4 is 34.4 Å². The highest BCUT2D eigenvalue weighted by atomic mass is 35.5. The summed E-state index contributed by atoms with van der Waals surface area (Å²) in [5, 5.41) is 7.20. The largest absolute Gasteiger partial charge is 0.351 e. The summed E-state index contributed by atoms with van der Waals surface area (Å²) in [7, 11) is 0. The first-order valence-corrected chi connectivity index (χ1v) is 8.96. The first kappa shape index (κ1) is 18.0. The SMILES string of the molecule is NC(=O)N(Cc1ccccc1)c1n[nH]c2c(F)c(Cl)c(-c3ccccc3)cc12. The maximum atomic E-state index is 14.9. The number of nitrogens with two attached hydrogens (primary N) is 1. The zero-order valence-corrected chi connectivity index (χ0v) is 15.4. The van der Waals surface area contributed by atoms with Gasteiger partial charge in [0.25, 0.3) is 0 Å². The van der Waals surface area contributed by atoms with Gasteiger partial charge in [-0.25, -0.2) is 9.18 Å². The third-order valence-corrected chi connectivity index (χ3v) is 4.88. The fourth-order valence-electron chi connectivity index (χ4n) is 3.14. The molecule has 28 heavy (non-hydrogen) atoms. The van der Waals surface area contributed by atoms with Crippen LogP contribution in [-0.2, 0) is 6.54 Å². The van der Waals surface area contributed by atoms with Gasteiger partial charge in [0.15, 0.2) is 11.6 Å². The molecule has 0 unspecified atom stereocenters. The number of aromatic amines is 1. The summed E-state index contributed by atoms with van der Waals surface area (Å²) in [6.07, 6.45) is 0. The summed E-state index contributed by atoms with van der Waals surface area (Å²) < 4.78 is 14.9. The monoisotopic (exact) mass is 394 g/mol. The van der Waals surface area contributed by atoms with Crippen molar-refractivity contribution in [1.82, 2.24) is 10.2 Å². The quantitative estimate of drug-likeness (QED) is 0.504. The van der Waals surface area contributed by atoms with Crippen molar-refractivity contribution in [1.29, 1.82) is 0 Å². The Morgan fingerprint density at radius 1 is 1.11 bits per heavy atom. The Morgan fingerprint density at radius 3 is 2.39 bits per heavy atom. The zero-order chi connectivity index (χ0) is 19.7. The number of carbonyl (C=O) groups excluding carboxylic acids is 1. The third-order valence-electron chi connectivity index (χ3n) is 4.51. The van der Waals surface area contributed by atoms with Crippen molar-refractivity contribution < 1.29 is 9.18 Å². The number of aromatic nitrogens is 2. The van der Waals surface area contributed by atoms with E-state index in [-0.39, 0.29) is 22.9 Å². The molecule has 3 aromatic carbocycles. The molecule has 1 aromatic heterocycles. The first-order chi connectivity index (χ1) is 13.6. The maximum absolute atomic E-state index is 14.9. The van der Waals surface area contributed by atoms with Crippen LogP contribution in [0.5, 0.6) is 0 Å². The van der Waals surface area contributed by atoms with Gasteiger partial charge in [-0.3, -0.25) is 10.00 Å². The van der Waals surface area contributed by atoms with E-state index in [0.29, 0.717) is 10.9 Å². The average molecular weight is 395 g/mol. The second kappa shape index (κ2) is 7.32. The predicted molar refractivity (Wildman–Crippen MR) is 109 cm³/mol. The second-order valence-corrected chi connectivity index (χ2v) is 6.68. The molecule has 0 aliphatic heterocycles. The number of primary amides is 1. The summed E-state index contributed by atoms with van der Waals surface area (Å²) in [4.78, 5) is 13.4. The molecule has 0 fully saturated rings. The number of benzene rings is 3. The van der Waals surface area contributed by atoms with Gasteiger partial charge >= 0.3 is 6.03 Å². The van der Waals surface area contributed by atoms with E-state index in [0.717, 1.165) is 11.1 Å². The molecular formula is C21H16ClFN4O. The Labute approximate surface area is 165 Å². The smallest absolute Gasteiger partial charge is 0.320 e. The van der Waals surface area contributed by atoms with Gasteiger partial charge in [-0.05, 0) is 17.2 Å². The molecule has 0 saturated heterocycles. The number of nitrogens with zero attached hydrogens (tertiary/aromatic N) is 2. The van der Waals surface area contributed by atoms with Gasteiger partial charge in [-0.1, -0.05) is 72.3 Å². The number of fused-ring (bicyclic) bond motifs is 1. The predicted octanol–water partition coefficient (Wildman–Crippen LogP) is 5.11. The van der Waals surface area contributed by atoms with Gasteiger partial charge in [0, 0.05) is 10.9 Å². The van der Waals surface area contributed by atoms with Gasteiger partial charge in [0.1, 0.15) is 5.52 Å². The van der Waals surface area contributed by atoms with Crippen molar-refractivity contribution in [2.75, 3.05) is 4.90 Å². The van der Waals surface area contributed by atoms with Gasteiger partial charge < -0.3 is 5.73 Å². The lowest BCUT2D eigenvalue weighted by Crippen LogP contribution is -2.35. The summed E-state index contributed by atoms with van der Waals surface area (Å²) in [5.41, 5.74) is 7.86. The summed E-state index contributed by atoms with van der Waals surface area (Å²) in [6, 6.07) is 19.6. The lowest BCUT2D eigenvalue weighted by molar-refractivity contribution is 0.253. The van der Waals surface area contributed by atoms with E-state index in [1.54, 1.807) is 6.07 Å². The topological polar surface area (TPSA) is 75.0 Å². The number of halogens is 2. The molecule has 7 heteroatoms. The van der Waals surface area contributed by atoms with E-state index in [4.69, 9.17) is 17.3 Å². The molecule has 2 amide bonds.